The van der Waals surface area contributed by atoms with Gasteiger partial charge in [-0.25, -0.2) is 4.98 Å². The lowest BCUT2D eigenvalue weighted by Gasteiger charge is -2.35. The van der Waals surface area contributed by atoms with Gasteiger partial charge in [0.1, 0.15) is 17.4 Å². The number of ether oxygens (including phenoxy) is 2. The second-order valence-electron chi connectivity index (χ2n) is 6.39. The first-order valence-corrected chi connectivity index (χ1v) is 8.45. The molecule has 6 nitrogen and oxygen atoms in total. The van der Waals surface area contributed by atoms with Crippen LogP contribution in [-0.2, 0) is 11.8 Å². The highest BCUT2D eigenvalue weighted by atomic mass is 16.5. The summed E-state index contributed by atoms with van der Waals surface area (Å²) >= 11 is 0. The van der Waals surface area contributed by atoms with Gasteiger partial charge >= 0.3 is 0 Å². The van der Waals surface area contributed by atoms with E-state index >= 15 is 0 Å². The number of rotatable bonds is 3. The van der Waals surface area contributed by atoms with E-state index in [1.807, 2.05) is 43.2 Å². The highest BCUT2D eigenvalue weighted by Crippen LogP contribution is 2.34. The van der Waals surface area contributed by atoms with Gasteiger partial charge in [-0.2, -0.15) is 5.10 Å². The SMILES string of the molecule is COc1cccc2c(N3CCOC(c4cnn(C)c4)C3)cc(C)nc12. The number of pyridine rings is 1. The fourth-order valence-electron chi connectivity index (χ4n) is 3.43. The molecule has 2 aromatic heterocycles. The minimum atomic E-state index is 0.0246. The smallest absolute Gasteiger partial charge is 0.145 e. The summed E-state index contributed by atoms with van der Waals surface area (Å²) in [5.74, 6) is 0.805. The zero-order chi connectivity index (χ0) is 17.4. The van der Waals surface area contributed by atoms with Crippen molar-refractivity contribution >= 4 is 16.6 Å². The molecule has 0 radical (unpaired) electrons. The van der Waals surface area contributed by atoms with Gasteiger partial charge in [-0.1, -0.05) is 12.1 Å². The zero-order valence-electron chi connectivity index (χ0n) is 14.8. The molecule has 4 rings (SSSR count). The lowest BCUT2D eigenvalue weighted by Crippen LogP contribution is -2.38. The van der Waals surface area contributed by atoms with Gasteiger partial charge in [0.2, 0.25) is 0 Å². The van der Waals surface area contributed by atoms with Crippen molar-refractivity contribution in [1.82, 2.24) is 14.8 Å². The Hall–Kier alpha value is -2.60. The maximum atomic E-state index is 5.98. The van der Waals surface area contributed by atoms with Crippen molar-refractivity contribution in [1.29, 1.82) is 0 Å². The number of morpholine rings is 1. The quantitative estimate of drug-likeness (QED) is 0.735. The molecule has 25 heavy (non-hydrogen) atoms. The van der Waals surface area contributed by atoms with E-state index in [4.69, 9.17) is 9.47 Å². The molecule has 1 unspecified atom stereocenters. The van der Waals surface area contributed by atoms with Crippen molar-refractivity contribution in [3.63, 3.8) is 0 Å². The van der Waals surface area contributed by atoms with Crippen LogP contribution in [0.4, 0.5) is 5.69 Å². The molecule has 130 valence electrons. The lowest BCUT2D eigenvalue weighted by molar-refractivity contribution is 0.0398. The van der Waals surface area contributed by atoms with Gasteiger partial charge in [0.25, 0.3) is 0 Å². The number of anilines is 1. The third-order valence-electron chi connectivity index (χ3n) is 4.63. The summed E-state index contributed by atoms with van der Waals surface area (Å²) in [4.78, 5) is 7.06. The van der Waals surface area contributed by atoms with Crippen molar-refractivity contribution in [2.45, 2.75) is 13.0 Å². The number of fused-ring (bicyclic) bond motifs is 1. The van der Waals surface area contributed by atoms with E-state index in [9.17, 15) is 0 Å². The first-order valence-electron chi connectivity index (χ1n) is 8.45. The summed E-state index contributed by atoms with van der Waals surface area (Å²) in [6.45, 7) is 4.36. The van der Waals surface area contributed by atoms with E-state index in [2.05, 4.69) is 27.1 Å². The van der Waals surface area contributed by atoms with Crippen LogP contribution < -0.4 is 9.64 Å². The van der Waals surface area contributed by atoms with Gasteiger partial charge in [0, 0.05) is 48.7 Å². The van der Waals surface area contributed by atoms with Crippen molar-refractivity contribution in [2.75, 3.05) is 31.7 Å². The topological polar surface area (TPSA) is 52.4 Å². The monoisotopic (exact) mass is 338 g/mol. The Morgan fingerprint density at radius 2 is 2.20 bits per heavy atom. The molecule has 0 bridgehead atoms. The summed E-state index contributed by atoms with van der Waals surface area (Å²) in [5, 5.41) is 5.38. The fraction of sp³-hybridized carbons (Fsp3) is 0.368. The summed E-state index contributed by atoms with van der Waals surface area (Å²) in [6.07, 6.45) is 3.93. The summed E-state index contributed by atoms with van der Waals surface area (Å²) < 4.78 is 13.3. The molecular weight excluding hydrogens is 316 g/mol. The number of hydrogen-bond acceptors (Lipinski definition) is 5. The Morgan fingerprint density at radius 1 is 1.32 bits per heavy atom. The molecule has 1 aliphatic heterocycles. The number of benzene rings is 1. The maximum absolute atomic E-state index is 5.98. The second kappa shape index (κ2) is 6.37. The molecule has 1 atom stereocenters. The van der Waals surface area contributed by atoms with Crippen LogP contribution in [0.5, 0.6) is 5.75 Å². The maximum Gasteiger partial charge on any atom is 0.145 e. The number of aromatic nitrogens is 3. The number of methoxy groups -OCH3 is 1. The van der Waals surface area contributed by atoms with Crippen LogP contribution in [0.25, 0.3) is 10.9 Å². The molecule has 0 spiro atoms. The first-order chi connectivity index (χ1) is 12.2. The van der Waals surface area contributed by atoms with Crippen LogP contribution in [0.3, 0.4) is 0 Å². The summed E-state index contributed by atoms with van der Waals surface area (Å²) in [7, 11) is 3.61. The number of nitrogens with zero attached hydrogens (tertiary/aromatic N) is 4. The highest BCUT2D eigenvalue weighted by Gasteiger charge is 2.25. The van der Waals surface area contributed by atoms with E-state index in [-0.39, 0.29) is 6.10 Å². The third-order valence-corrected chi connectivity index (χ3v) is 4.63. The molecule has 1 aromatic carbocycles. The largest absolute Gasteiger partial charge is 0.494 e. The van der Waals surface area contributed by atoms with Crippen LogP contribution in [0.15, 0.2) is 36.7 Å². The van der Waals surface area contributed by atoms with Gasteiger partial charge in [0.05, 0.1) is 19.9 Å². The molecule has 6 heteroatoms. The second-order valence-corrected chi connectivity index (χ2v) is 6.39. The average molecular weight is 338 g/mol. The van der Waals surface area contributed by atoms with Crippen molar-refractivity contribution < 1.29 is 9.47 Å². The Bertz CT molecular complexity index is 906. The molecule has 0 amide bonds. The Labute approximate surface area is 147 Å². The van der Waals surface area contributed by atoms with Gasteiger partial charge in [-0.3, -0.25) is 4.68 Å². The minimum absolute atomic E-state index is 0.0246. The van der Waals surface area contributed by atoms with Crippen LogP contribution >= 0.6 is 0 Å². The average Bonchev–Trinajstić information content (AvgIpc) is 3.07. The van der Waals surface area contributed by atoms with E-state index in [0.717, 1.165) is 41.0 Å². The van der Waals surface area contributed by atoms with Gasteiger partial charge in [0.15, 0.2) is 0 Å². The van der Waals surface area contributed by atoms with Crippen molar-refractivity contribution in [3.05, 3.63) is 47.9 Å². The van der Waals surface area contributed by atoms with Crippen molar-refractivity contribution in [2.24, 2.45) is 7.05 Å². The van der Waals surface area contributed by atoms with Gasteiger partial charge in [-0.15, -0.1) is 0 Å². The van der Waals surface area contributed by atoms with E-state index in [1.165, 1.54) is 5.69 Å². The minimum Gasteiger partial charge on any atom is -0.494 e. The third kappa shape index (κ3) is 2.93. The normalized spacial score (nSPS) is 17.9. The zero-order valence-corrected chi connectivity index (χ0v) is 14.8. The first kappa shape index (κ1) is 15.9. The molecule has 0 saturated carbocycles. The van der Waals surface area contributed by atoms with Crippen LogP contribution in [0.1, 0.15) is 17.4 Å². The summed E-state index contributed by atoms with van der Waals surface area (Å²) in [6, 6.07) is 8.22. The van der Waals surface area contributed by atoms with E-state index in [1.54, 1.807) is 7.11 Å². The standard InChI is InChI=1S/C19H22N4O2/c1-13-9-16(15-5-4-6-17(24-3)19(15)21-13)23-7-8-25-18(12-23)14-10-20-22(2)11-14/h4-6,9-11,18H,7-8,12H2,1-3H3. The number of para-hydroxylation sites is 1. The Balaban J connectivity index is 1.73. The van der Waals surface area contributed by atoms with E-state index < -0.39 is 0 Å². The predicted octanol–water partition coefficient (Wildman–Crippen LogP) is 2.86. The highest BCUT2D eigenvalue weighted by molar-refractivity contribution is 5.95. The molecule has 1 aliphatic rings. The van der Waals surface area contributed by atoms with Gasteiger partial charge < -0.3 is 14.4 Å². The summed E-state index contributed by atoms with van der Waals surface area (Å²) in [5.41, 5.74) is 4.18. The number of hydrogen-bond donors (Lipinski definition) is 0. The molecule has 3 aromatic rings. The van der Waals surface area contributed by atoms with Gasteiger partial charge in [-0.05, 0) is 19.1 Å². The van der Waals surface area contributed by atoms with Crippen LogP contribution in [0.2, 0.25) is 0 Å². The van der Waals surface area contributed by atoms with Crippen LogP contribution in [-0.4, -0.2) is 41.6 Å². The predicted molar refractivity (Wildman–Crippen MR) is 97.1 cm³/mol. The van der Waals surface area contributed by atoms with Crippen molar-refractivity contribution in [3.8, 4) is 5.75 Å². The Morgan fingerprint density at radius 3 is 2.96 bits per heavy atom. The molecule has 3 heterocycles. The molecule has 0 N–H and O–H groups in total. The lowest BCUT2D eigenvalue weighted by atomic mass is 10.1. The molecule has 1 saturated heterocycles. The number of aryl methyl sites for hydroxylation is 2. The fourth-order valence-corrected chi connectivity index (χ4v) is 3.43. The van der Waals surface area contributed by atoms with Crippen LogP contribution in [0, 0.1) is 6.92 Å². The van der Waals surface area contributed by atoms with E-state index in [0.29, 0.717) is 6.61 Å². The molecular formula is C19H22N4O2. The Kier molecular flexibility index (Phi) is 4.05. The molecule has 1 fully saturated rings. The molecule has 0 aliphatic carbocycles.